The first-order valence-corrected chi connectivity index (χ1v) is 6.27. The Bertz CT molecular complexity index is 679. The zero-order chi connectivity index (χ0) is 14.5. The molecule has 1 aromatic carbocycles. The van der Waals surface area contributed by atoms with Crippen LogP contribution in [-0.4, -0.2) is 28.7 Å². The Labute approximate surface area is 119 Å². The Morgan fingerprint density at radius 2 is 2.25 bits per heavy atom. The number of carbonyl (C=O) groups is 2. The highest BCUT2D eigenvalue weighted by Crippen LogP contribution is 2.23. The lowest BCUT2D eigenvalue weighted by Gasteiger charge is -1.98. The van der Waals surface area contributed by atoms with Gasteiger partial charge in [0.15, 0.2) is 5.82 Å². The molecule has 0 spiro atoms. The van der Waals surface area contributed by atoms with E-state index in [0.29, 0.717) is 16.4 Å². The Morgan fingerprint density at radius 3 is 3.00 bits per heavy atom. The molecular weight excluding hydrogens is 282 g/mol. The summed E-state index contributed by atoms with van der Waals surface area (Å²) in [6.45, 7) is 1.95. The molecule has 0 aliphatic heterocycles. The highest BCUT2D eigenvalue weighted by molar-refractivity contribution is 6.31. The van der Waals surface area contributed by atoms with Gasteiger partial charge in [0.25, 0.3) is 0 Å². The largest absolute Gasteiger partial charge is 0.463 e. The molecule has 0 fully saturated rings. The van der Waals surface area contributed by atoms with Gasteiger partial charge >= 0.3 is 5.97 Å². The number of rotatable bonds is 4. The van der Waals surface area contributed by atoms with Gasteiger partial charge in [-0.05, 0) is 25.1 Å². The SMILES string of the molecule is CCOC(=O)/C=C\C(=O)Nc1n[nH]c2cc(Cl)ccc12. The zero-order valence-corrected chi connectivity index (χ0v) is 11.4. The van der Waals surface area contributed by atoms with Crippen molar-refractivity contribution >= 4 is 40.2 Å². The molecular formula is C13H12ClN3O3. The summed E-state index contributed by atoms with van der Waals surface area (Å²) < 4.78 is 4.67. The van der Waals surface area contributed by atoms with Crippen molar-refractivity contribution in [1.29, 1.82) is 0 Å². The van der Waals surface area contributed by atoms with E-state index in [1.807, 2.05) is 0 Å². The number of hydrogen-bond acceptors (Lipinski definition) is 4. The number of aromatic amines is 1. The fourth-order valence-corrected chi connectivity index (χ4v) is 1.75. The van der Waals surface area contributed by atoms with Crippen molar-refractivity contribution in [2.45, 2.75) is 6.92 Å². The molecule has 0 bridgehead atoms. The van der Waals surface area contributed by atoms with Gasteiger partial charge in [-0.1, -0.05) is 11.6 Å². The third-order valence-electron chi connectivity index (χ3n) is 2.42. The minimum absolute atomic E-state index is 0.259. The number of halogens is 1. The Hall–Kier alpha value is -2.34. The van der Waals surface area contributed by atoms with Crippen LogP contribution in [-0.2, 0) is 14.3 Å². The fraction of sp³-hybridized carbons (Fsp3) is 0.154. The number of benzene rings is 1. The predicted molar refractivity (Wildman–Crippen MR) is 75.5 cm³/mol. The first-order valence-electron chi connectivity index (χ1n) is 5.89. The highest BCUT2D eigenvalue weighted by atomic mass is 35.5. The van der Waals surface area contributed by atoms with Crippen LogP contribution in [0.3, 0.4) is 0 Å². The van der Waals surface area contributed by atoms with Crippen molar-refractivity contribution in [3.05, 3.63) is 35.4 Å². The third-order valence-corrected chi connectivity index (χ3v) is 2.66. The van der Waals surface area contributed by atoms with Crippen LogP contribution in [0.15, 0.2) is 30.4 Å². The Balaban J connectivity index is 2.08. The average Bonchev–Trinajstić information content (AvgIpc) is 2.79. The predicted octanol–water partition coefficient (Wildman–Crippen LogP) is 2.27. The quantitative estimate of drug-likeness (QED) is 0.669. The maximum absolute atomic E-state index is 11.6. The van der Waals surface area contributed by atoms with Gasteiger partial charge in [0.2, 0.25) is 5.91 Å². The van der Waals surface area contributed by atoms with Crippen LogP contribution in [0.4, 0.5) is 5.82 Å². The van der Waals surface area contributed by atoms with Gasteiger partial charge in [0.1, 0.15) is 0 Å². The van der Waals surface area contributed by atoms with E-state index in [1.165, 1.54) is 0 Å². The highest BCUT2D eigenvalue weighted by Gasteiger charge is 2.08. The minimum atomic E-state index is -0.568. The van der Waals surface area contributed by atoms with E-state index in [0.717, 1.165) is 17.5 Å². The molecule has 2 N–H and O–H groups in total. The topological polar surface area (TPSA) is 84.1 Å². The summed E-state index contributed by atoms with van der Waals surface area (Å²) in [4.78, 5) is 22.7. The molecule has 20 heavy (non-hydrogen) atoms. The molecule has 2 aromatic rings. The van der Waals surface area contributed by atoms with Crippen LogP contribution < -0.4 is 5.32 Å². The van der Waals surface area contributed by atoms with Crippen molar-refractivity contribution < 1.29 is 14.3 Å². The number of nitrogens with zero attached hydrogens (tertiary/aromatic N) is 1. The molecule has 1 aromatic heterocycles. The van der Waals surface area contributed by atoms with Crippen molar-refractivity contribution in [3.8, 4) is 0 Å². The number of hydrogen-bond donors (Lipinski definition) is 2. The lowest BCUT2D eigenvalue weighted by Crippen LogP contribution is -2.10. The number of carbonyl (C=O) groups excluding carboxylic acids is 2. The van der Waals surface area contributed by atoms with E-state index in [-0.39, 0.29) is 6.61 Å². The third kappa shape index (κ3) is 3.36. The molecule has 0 unspecified atom stereocenters. The second-order valence-electron chi connectivity index (χ2n) is 3.84. The number of anilines is 1. The average molecular weight is 294 g/mol. The van der Waals surface area contributed by atoms with Gasteiger partial charge in [0.05, 0.1) is 12.1 Å². The Kier molecular flexibility index (Phi) is 4.37. The summed E-state index contributed by atoms with van der Waals surface area (Å²) in [5.41, 5.74) is 0.710. The number of nitrogens with one attached hydrogen (secondary N) is 2. The van der Waals surface area contributed by atoms with Crippen molar-refractivity contribution in [3.63, 3.8) is 0 Å². The first kappa shape index (κ1) is 14.1. The molecule has 2 rings (SSSR count). The van der Waals surface area contributed by atoms with Crippen LogP contribution in [0.5, 0.6) is 0 Å². The maximum Gasteiger partial charge on any atom is 0.330 e. The second-order valence-corrected chi connectivity index (χ2v) is 4.27. The number of ether oxygens (including phenoxy) is 1. The molecule has 0 atom stereocenters. The molecule has 1 heterocycles. The van der Waals surface area contributed by atoms with Crippen molar-refractivity contribution in [2.24, 2.45) is 0 Å². The van der Waals surface area contributed by atoms with Crippen LogP contribution in [0.1, 0.15) is 6.92 Å². The van der Waals surface area contributed by atoms with Crippen LogP contribution >= 0.6 is 11.6 Å². The van der Waals surface area contributed by atoms with E-state index in [2.05, 4.69) is 20.3 Å². The fourth-order valence-electron chi connectivity index (χ4n) is 1.58. The van der Waals surface area contributed by atoms with Gasteiger partial charge in [-0.2, -0.15) is 5.10 Å². The van der Waals surface area contributed by atoms with Gasteiger partial charge in [-0.25, -0.2) is 4.79 Å². The standard InChI is InChI=1S/C13H12ClN3O3/c1-2-20-12(19)6-5-11(18)15-13-9-4-3-8(14)7-10(9)16-17-13/h3-7H,2H2,1H3,(H2,15,16,17,18)/b6-5-. The molecule has 0 aliphatic carbocycles. The molecule has 0 saturated heterocycles. The number of amides is 1. The second kappa shape index (κ2) is 6.21. The minimum Gasteiger partial charge on any atom is -0.463 e. The van der Waals surface area contributed by atoms with Crippen molar-refractivity contribution in [1.82, 2.24) is 10.2 Å². The monoisotopic (exact) mass is 293 g/mol. The molecule has 1 amide bonds. The molecule has 6 nitrogen and oxygen atoms in total. The Morgan fingerprint density at radius 1 is 1.45 bits per heavy atom. The van der Waals surface area contributed by atoms with Gasteiger partial charge < -0.3 is 10.1 Å². The molecule has 0 aliphatic rings. The van der Waals surface area contributed by atoms with Crippen molar-refractivity contribution in [2.75, 3.05) is 11.9 Å². The van der Waals surface area contributed by atoms with Gasteiger partial charge in [-0.15, -0.1) is 0 Å². The van der Waals surface area contributed by atoms with Gasteiger partial charge in [-0.3, -0.25) is 9.89 Å². The van der Waals surface area contributed by atoms with E-state index < -0.39 is 11.9 Å². The summed E-state index contributed by atoms with van der Waals surface area (Å²) in [6.07, 6.45) is 2.15. The maximum atomic E-state index is 11.6. The smallest absolute Gasteiger partial charge is 0.330 e. The summed E-state index contributed by atoms with van der Waals surface area (Å²) in [6, 6.07) is 5.14. The van der Waals surface area contributed by atoms with Gasteiger partial charge in [0, 0.05) is 22.6 Å². The molecule has 0 saturated carbocycles. The summed E-state index contributed by atoms with van der Waals surface area (Å²) >= 11 is 5.85. The lowest BCUT2D eigenvalue weighted by atomic mass is 10.2. The number of aromatic nitrogens is 2. The van der Waals surface area contributed by atoms with Crippen LogP contribution in [0.2, 0.25) is 5.02 Å². The summed E-state index contributed by atoms with van der Waals surface area (Å²) in [5, 5.41) is 10.6. The lowest BCUT2D eigenvalue weighted by molar-refractivity contribution is -0.137. The first-order chi connectivity index (χ1) is 9.60. The summed E-state index contributed by atoms with van der Waals surface area (Å²) in [7, 11) is 0. The van der Waals surface area contributed by atoms with E-state index in [9.17, 15) is 9.59 Å². The van der Waals surface area contributed by atoms with Crippen LogP contribution in [0.25, 0.3) is 10.9 Å². The molecule has 0 radical (unpaired) electrons. The zero-order valence-electron chi connectivity index (χ0n) is 10.6. The van der Waals surface area contributed by atoms with Crippen LogP contribution in [0, 0.1) is 0 Å². The van der Waals surface area contributed by atoms with E-state index in [4.69, 9.17) is 11.6 Å². The number of H-pyrrole nitrogens is 1. The van der Waals surface area contributed by atoms with E-state index in [1.54, 1.807) is 25.1 Å². The molecule has 7 heteroatoms. The molecule has 104 valence electrons. The van der Waals surface area contributed by atoms with E-state index >= 15 is 0 Å². The number of fused-ring (bicyclic) bond motifs is 1. The normalized spacial score (nSPS) is 10.9. The number of esters is 1. The summed E-state index contributed by atoms with van der Waals surface area (Å²) in [5.74, 6) is -0.669.